The Labute approximate surface area is 174 Å². The van der Waals surface area contributed by atoms with Crippen LogP contribution in [0, 0.1) is 0 Å². The molecule has 0 N–H and O–H groups in total. The lowest BCUT2D eigenvalue weighted by atomic mass is 10.0. The monoisotopic (exact) mass is 406 g/mol. The fourth-order valence-corrected chi connectivity index (χ4v) is 3.34. The Morgan fingerprint density at radius 1 is 1.03 bits per heavy atom. The van der Waals surface area contributed by atoms with Gasteiger partial charge in [0, 0.05) is 6.42 Å². The van der Waals surface area contributed by atoms with E-state index in [0.717, 1.165) is 17.0 Å². The van der Waals surface area contributed by atoms with Crippen molar-refractivity contribution in [2.24, 2.45) is 5.10 Å². The lowest BCUT2D eigenvalue weighted by molar-refractivity contribution is -0.135. The van der Waals surface area contributed by atoms with Crippen LogP contribution in [-0.4, -0.2) is 37.5 Å². The van der Waals surface area contributed by atoms with Crippen molar-refractivity contribution in [3.8, 4) is 17.2 Å². The molecule has 1 aliphatic rings. The largest absolute Gasteiger partial charge is 0.497 e. The van der Waals surface area contributed by atoms with Gasteiger partial charge < -0.3 is 18.6 Å². The van der Waals surface area contributed by atoms with Crippen LogP contribution in [0.4, 0.5) is 0 Å². The summed E-state index contributed by atoms with van der Waals surface area (Å²) in [6.45, 7) is -0.170. The molecule has 0 spiro atoms. The molecule has 154 valence electrons. The topological polar surface area (TPSA) is 73.5 Å². The normalized spacial score (nSPS) is 15.6. The molecular formula is C23H22N2O5. The average Bonchev–Trinajstić information content (AvgIpc) is 3.47. The van der Waals surface area contributed by atoms with Gasteiger partial charge in [0.15, 0.2) is 18.1 Å². The molecule has 2 heterocycles. The molecule has 30 heavy (non-hydrogen) atoms. The van der Waals surface area contributed by atoms with E-state index < -0.39 is 0 Å². The lowest BCUT2D eigenvalue weighted by Gasteiger charge is -2.20. The number of hydrogen-bond acceptors (Lipinski definition) is 6. The van der Waals surface area contributed by atoms with E-state index in [9.17, 15) is 4.79 Å². The molecule has 0 fully saturated rings. The van der Waals surface area contributed by atoms with Crippen LogP contribution in [0.3, 0.4) is 0 Å². The highest BCUT2D eigenvalue weighted by molar-refractivity contribution is 6.03. The zero-order valence-electron chi connectivity index (χ0n) is 16.8. The highest BCUT2D eigenvalue weighted by Crippen LogP contribution is 2.34. The number of carbonyl (C=O) groups excluding carboxylic acids is 1. The van der Waals surface area contributed by atoms with E-state index in [1.807, 2.05) is 42.5 Å². The first-order valence-electron chi connectivity index (χ1n) is 9.52. The van der Waals surface area contributed by atoms with Crippen molar-refractivity contribution >= 4 is 11.6 Å². The van der Waals surface area contributed by atoms with Crippen LogP contribution >= 0.6 is 0 Å². The molecule has 0 bridgehead atoms. The Hall–Kier alpha value is -3.74. The van der Waals surface area contributed by atoms with Gasteiger partial charge >= 0.3 is 0 Å². The van der Waals surface area contributed by atoms with E-state index in [2.05, 4.69) is 5.10 Å². The van der Waals surface area contributed by atoms with Gasteiger partial charge in [0.1, 0.15) is 17.6 Å². The predicted molar refractivity (Wildman–Crippen MR) is 111 cm³/mol. The second-order valence-electron chi connectivity index (χ2n) is 6.69. The summed E-state index contributed by atoms with van der Waals surface area (Å²) in [6, 6.07) is 18.1. The number of carbonyl (C=O) groups is 1. The molecule has 7 nitrogen and oxygen atoms in total. The molecule has 2 aromatic carbocycles. The third kappa shape index (κ3) is 4.00. The van der Waals surface area contributed by atoms with E-state index in [0.29, 0.717) is 23.7 Å². The third-order valence-electron chi connectivity index (χ3n) is 4.88. The minimum atomic E-state index is -0.328. The summed E-state index contributed by atoms with van der Waals surface area (Å²) < 4.78 is 21.8. The number of ether oxygens (including phenoxy) is 3. The summed E-state index contributed by atoms with van der Waals surface area (Å²) >= 11 is 0. The second kappa shape index (κ2) is 8.73. The molecule has 1 amide bonds. The van der Waals surface area contributed by atoms with Gasteiger partial charge in [-0.2, -0.15) is 5.10 Å². The molecule has 0 aliphatic carbocycles. The molecule has 3 aromatic rings. The number of methoxy groups -OCH3 is 2. The summed E-state index contributed by atoms with van der Waals surface area (Å²) in [5.74, 6) is 2.23. The van der Waals surface area contributed by atoms with Crippen molar-refractivity contribution in [1.82, 2.24) is 5.01 Å². The molecule has 7 heteroatoms. The van der Waals surface area contributed by atoms with Crippen LogP contribution in [0.1, 0.15) is 23.8 Å². The van der Waals surface area contributed by atoms with Crippen LogP contribution in [-0.2, 0) is 4.79 Å². The maximum atomic E-state index is 13.0. The fourth-order valence-electron chi connectivity index (χ4n) is 3.34. The van der Waals surface area contributed by atoms with Gasteiger partial charge in [-0.05, 0) is 54.1 Å². The standard InChI is InChI=1S/C23H22N2O5/c1-27-17-11-9-16(10-12-17)18-14-19(20-8-5-13-29-20)25(24-18)23(26)15-30-22-7-4-3-6-21(22)28-2/h3-13,19H,14-15H2,1-2H3/t19-/m1/s1. The fraction of sp³-hybridized carbons (Fsp3) is 0.217. The molecule has 4 rings (SSSR count). The molecule has 0 saturated carbocycles. The first kappa shape index (κ1) is 19.6. The summed E-state index contributed by atoms with van der Waals surface area (Å²) in [7, 11) is 3.18. The average molecular weight is 406 g/mol. The van der Waals surface area contributed by atoms with Crippen molar-refractivity contribution in [1.29, 1.82) is 0 Å². The Balaban J connectivity index is 1.55. The number of rotatable bonds is 7. The van der Waals surface area contributed by atoms with Crippen molar-refractivity contribution in [3.05, 3.63) is 78.3 Å². The van der Waals surface area contributed by atoms with Gasteiger partial charge in [-0.3, -0.25) is 4.79 Å². The quantitative estimate of drug-likeness (QED) is 0.592. The van der Waals surface area contributed by atoms with Gasteiger partial charge in [-0.1, -0.05) is 12.1 Å². The van der Waals surface area contributed by atoms with Crippen LogP contribution in [0.5, 0.6) is 17.2 Å². The number of hydrogen-bond donors (Lipinski definition) is 0. The summed E-state index contributed by atoms with van der Waals surface area (Å²) in [4.78, 5) is 13.0. The SMILES string of the molecule is COc1ccc(C2=NN(C(=O)COc3ccccc3OC)[C@@H](c3ccco3)C2)cc1. The minimum Gasteiger partial charge on any atom is -0.497 e. The molecular weight excluding hydrogens is 384 g/mol. The molecule has 0 unspecified atom stereocenters. The maximum Gasteiger partial charge on any atom is 0.281 e. The Bertz CT molecular complexity index is 1030. The van der Waals surface area contributed by atoms with Gasteiger partial charge in [0.2, 0.25) is 0 Å². The molecule has 0 radical (unpaired) electrons. The molecule has 1 aromatic heterocycles. The Morgan fingerprint density at radius 3 is 2.47 bits per heavy atom. The number of furan rings is 1. The second-order valence-corrected chi connectivity index (χ2v) is 6.69. The maximum absolute atomic E-state index is 13.0. The molecule has 1 atom stereocenters. The van der Waals surface area contributed by atoms with Crippen molar-refractivity contribution in [2.45, 2.75) is 12.5 Å². The first-order valence-corrected chi connectivity index (χ1v) is 9.52. The number of nitrogens with zero attached hydrogens (tertiary/aromatic N) is 2. The third-order valence-corrected chi connectivity index (χ3v) is 4.88. The van der Waals surface area contributed by atoms with Crippen LogP contribution in [0.15, 0.2) is 76.4 Å². The van der Waals surface area contributed by atoms with E-state index >= 15 is 0 Å². The van der Waals surface area contributed by atoms with Crippen molar-refractivity contribution < 1.29 is 23.4 Å². The van der Waals surface area contributed by atoms with Crippen molar-refractivity contribution in [2.75, 3.05) is 20.8 Å². The smallest absolute Gasteiger partial charge is 0.281 e. The Kier molecular flexibility index (Phi) is 5.70. The number of hydrazone groups is 1. The van der Waals surface area contributed by atoms with Gasteiger partial charge in [0.25, 0.3) is 5.91 Å². The van der Waals surface area contributed by atoms with Crippen molar-refractivity contribution in [3.63, 3.8) is 0 Å². The van der Waals surface area contributed by atoms with E-state index in [-0.39, 0.29) is 18.6 Å². The van der Waals surface area contributed by atoms with E-state index in [1.165, 1.54) is 5.01 Å². The van der Waals surface area contributed by atoms with Crippen LogP contribution < -0.4 is 14.2 Å². The van der Waals surface area contributed by atoms with Crippen LogP contribution in [0.2, 0.25) is 0 Å². The number of amides is 1. The summed E-state index contributed by atoms with van der Waals surface area (Å²) in [6.07, 6.45) is 2.13. The van der Waals surface area contributed by atoms with E-state index in [4.69, 9.17) is 18.6 Å². The highest BCUT2D eigenvalue weighted by atomic mass is 16.5. The van der Waals surface area contributed by atoms with Gasteiger partial charge in [0.05, 0.1) is 26.2 Å². The molecule has 1 aliphatic heterocycles. The zero-order valence-corrected chi connectivity index (χ0v) is 16.8. The minimum absolute atomic E-state index is 0.170. The lowest BCUT2D eigenvalue weighted by Crippen LogP contribution is -2.31. The predicted octanol–water partition coefficient (Wildman–Crippen LogP) is 4.05. The summed E-state index contributed by atoms with van der Waals surface area (Å²) in [5, 5.41) is 6.03. The highest BCUT2D eigenvalue weighted by Gasteiger charge is 2.35. The van der Waals surface area contributed by atoms with Crippen LogP contribution in [0.25, 0.3) is 0 Å². The number of para-hydroxylation sites is 2. The zero-order chi connectivity index (χ0) is 20.9. The van der Waals surface area contributed by atoms with Gasteiger partial charge in [-0.15, -0.1) is 0 Å². The first-order chi connectivity index (χ1) is 14.7. The Morgan fingerprint density at radius 2 is 1.80 bits per heavy atom. The van der Waals surface area contributed by atoms with E-state index in [1.54, 1.807) is 38.7 Å². The van der Waals surface area contributed by atoms with Gasteiger partial charge in [-0.25, -0.2) is 5.01 Å². The number of benzene rings is 2. The summed E-state index contributed by atoms with van der Waals surface area (Å²) in [5.41, 5.74) is 1.72. The molecule has 0 saturated heterocycles.